The van der Waals surface area contributed by atoms with Gasteiger partial charge in [-0.3, -0.25) is 4.79 Å². The summed E-state index contributed by atoms with van der Waals surface area (Å²) in [4.78, 5) is 15.5. The highest BCUT2D eigenvalue weighted by atomic mass is 35.5. The van der Waals surface area contributed by atoms with Gasteiger partial charge in [-0.1, -0.05) is 47.5 Å². The van der Waals surface area contributed by atoms with Crippen LogP contribution in [0.3, 0.4) is 0 Å². The molecule has 0 aliphatic heterocycles. The first-order valence-electron chi connectivity index (χ1n) is 7.52. The maximum atomic E-state index is 12.7. The number of H-pyrrole nitrogens is 1. The number of aromatic amines is 1. The molecule has 0 spiro atoms. The van der Waals surface area contributed by atoms with Gasteiger partial charge in [0.05, 0.1) is 23.4 Å². The Morgan fingerprint density at radius 3 is 2.44 bits per heavy atom. The highest BCUT2D eigenvalue weighted by Crippen LogP contribution is 2.27. The molecule has 0 amide bonds. The van der Waals surface area contributed by atoms with E-state index in [4.69, 9.17) is 32.7 Å². The second-order valence-corrected chi connectivity index (χ2v) is 6.09. The molecule has 1 N–H and O–H groups in total. The number of ketones is 1. The largest absolute Gasteiger partial charge is 0.497 e. The van der Waals surface area contributed by atoms with Crippen LogP contribution in [0.4, 0.5) is 0 Å². The average Bonchev–Trinajstić information content (AvgIpc) is 2.99. The monoisotopic (exact) mass is 375 g/mol. The summed E-state index contributed by atoms with van der Waals surface area (Å²) < 4.78 is 11.0. The van der Waals surface area contributed by atoms with Crippen LogP contribution < -0.4 is 9.47 Å². The summed E-state index contributed by atoms with van der Waals surface area (Å²) >= 11 is 11.8. The van der Waals surface area contributed by atoms with Crippen LogP contribution in [0.25, 0.3) is 0 Å². The zero-order chi connectivity index (χ0) is 17.8. The summed E-state index contributed by atoms with van der Waals surface area (Å²) in [6, 6.07) is 16.1. The number of para-hydroxylation sites is 1. The third-order valence-electron chi connectivity index (χ3n) is 3.65. The Kier molecular flexibility index (Phi) is 5.31. The Hall–Kier alpha value is -2.43. The van der Waals surface area contributed by atoms with E-state index in [-0.39, 0.29) is 10.9 Å². The Labute approximate surface area is 155 Å². The van der Waals surface area contributed by atoms with Crippen LogP contribution in [-0.4, -0.2) is 17.9 Å². The third kappa shape index (κ3) is 3.98. The van der Waals surface area contributed by atoms with Crippen LogP contribution in [0.1, 0.15) is 21.6 Å². The zero-order valence-electron chi connectivity index (χ0n) is 13.4. The number of ether oxygens (including phenoxy) is 2. The van der Waals surface area contributed by atoms with Crippen molar-refractivity contribution in [2.24, 2.45) is 0 Å². The second kappa shape index (κ2) is 7.64. The molecule has 4 nitrogen and oxygen atoms in total. The maximum absolute atomic E-state index is 12.7. The van der Waals surface area contributed by atoms with Crippen molar-refractivity contribution >= 4 is 29.0 Å². The minimum absolute atomic E-state index is 0.237. The summed E-state index contributed by atoms with van der Waals surface area (Å²) in [7, 11) is 1.62. The van der Waals surface area contributed by atoms with E-state index in [1.54, 1.807) is 25.3 Å². The van der Waals surface area contributed by atoms with E-state index in [2.05, 4.69) is 4.98 Å². The topological polar surface area (TPSA) is 51.3 Å². The van der Waals surface area contributed by atoms with Crippen molar-refractivity contribution in [1.82, 2.24) is 4.98 Å². The molecule has 0 atom stereocenters. The van der Waals surface area contributed by atoms with Crippen molar-refractivity contribution in [2.45, 2.75) is 6.61 Å². The molecule has 0 saturated heterocycles. The summed E-state index contributed by atoms with van der Waals surface area (Å²) in [5, 5.41) is 0.545. The normalized spacial score (nSPS) is 10.5. The molecular formula is C19H15Cl2NO3. The molecule has 0 bridgehead atoms. The van der Waals surface area contributed by atoms with Gasteiger partial charge in [0, 0.05) is 0 Å². The highest BCUT2D eigenvalue weighted by molar-refractivity contribution is 6.41. The molecular weight excluding hydrogens is 361 g/mol. The van der Waals surface area contributed by atoms with E-state index in [9.17, 15) is 4.79 Å². The Morgan fingerprint density at radius 1 is 1.08 bits per heavy atom. The molecule has 0 unspecified atom stereocenters. The molecule has 6 heteroatoms. The first-order chi connectivity index (χ1) is 12.1. The summed E-state index contributed by atoms with van der Waals surface area (Å²) in [5.74, 6) is 1.03. The van der Waals surface area contributed by atoms with Crippen molar-refractivity contribution in [1.29, 1.82) is 0 Å². The van der Waals surface area contributed by atoms with E-state index in [0.717, 1.165) is 11.3 Å². The van der Waals surface area contributed by atoms with E-state index in [0.29, 0.717) is 28.6 Å². The lowest BCUT2D eigenvalue weighted by molar-refractivity contribution is 0.103. The molecule has 3 aromatic rings. The number of carbonyl (C=O) groups is 1. The quantitative estimate of drug-likeness (QED) is 0.606. The Morgan fingerprint density at radius 2 is 1.80 bits per heavy atom. The molecule has 1 aromatic heterocycles. The van der Waals surface area contributed by atoms with Gasteiger partial charge in [-0.15, -0.1) is 0 Å². The minimum atomic E-state index is -0.237. The third-order valence-corrected chi connectivity index (χ3v) is 4.35. The number of hydrogen-bond acceptors (Lipinski definition) is 3. The standard InChI is InChI=1S/C19H15Cl2NO3/c1-24-13-8-6-12(7-9-13)11-25-17-5-3-2-4-14(17)18(23)16-10-15(20)19(21)22-16/h2-10,22H,11H2,1H3. The van der Waals surface area contributed by atoms with Crippen LogP contribution in [0.2, 0.25) is 10.2 Å². The first kappa shape index (κ1) is 17.4. The molecule has 0 saturated carbocycles. The summed E-state index contributed by atoms with van der Waals surface area (Å²) in [5.41, 5.74) is 1.72. The molecule has 2 aromatic carbocycles. The number of nitrogens with one attached hydrogen (secondary N) is 1. The van der Waals surface area contributed by atoms with Crippen LogP contribution in [0, 0.1) is 0 Å². The molecule has 3 rings (SSSR count). The lowest BCUT2D eigenvalue weighted by Crippen LogP contribution is -2.06. The number of halogens is 2. The van der Waals surface area contributed by atoms with E-state index in [1.807, 2.05) is 30.3 Å². The van der Waals surface area contributed by atoms with Crippen LogP contribution >= 0.6 is 23.2 Å². The summed E-state index contributed by atoms with van der Waals surface area (Å²) in [6.45, 7) is 0.334. The van der Waals surface area contributed by atoms with Gasteiger partial charge in [0.1, 0.15) is 23.3 Å². The highest BCUT2D eigenvalue weighted by Gasteiger charge is 2.17. The molecule has 0 aliphatic carbocycles. The number of aromatic nitrogens is 1. The van der Waals surface area contributed by atoms with Crippen molar-refractivity contribution in [3.05, 3.63) is 81.6 Å². The molecule has 0 radical (unpaired) electrons. The van der Waals surface area contributed by atoms with Gasteiger partial charge in [-0.05, 0) is 35.9 Å². The van der Waals surface area contributed by atoms with Crippen molar-refractivity contribution in [3.63, 3.8) is 0 Å². The number of rotatable bonds is 6. The molecule has 0 fully saturated rings. The first-order valence-corrected chi connectivity index (χ1v) is 8.27. The fraction of sp³-hybridized carbons (Fsp3) is 0.105. The van der Waals surface area contributed by atoms with Gasteiger partial charge in [0.15, 0.2) is 0 Å². The van der Waals surface area contributed by atoms with E-state index < -0.39 is 0 Å². The fourth-order valence-electron chi connectivity index (χ4n) is 2.33. The number of methoxy groups -OCH3 is 1. The Bertz CT molecular complexity index is 868. The lowest BCUT2D eigenvalue weighted by Gasteiger charge is -2.11. The van der Waals surface area contributed by atoms with Crippen molar-refractivity contribution < 1.29 is 14.3 Å². The van der Waals surface area contributed by atoms with Crippen molar-refractivity contribution in [3.8, 4) is 11.5 Å². The maximum Gasteiger partial charge on any atom is 0.212 e. The van der Waals surface area contributed by atoms with Gasteiger partial charge in [0.2, 0.25) is 5.78 Å². The van der Waals surface area contributed by atoms with Gasteiger partial charge in [-0.2, -0.15) is 0 Å². The number of carbonyl (C=O) groups excluding carboxylic acids is 1. The van der Waals surface area contributed by atoms with Gasteiger partial charge in [0.25, 0.3) is 0 Å². The molecule has 25 heavy (non-hydrogen) atoms. The second-order valence-electron chi connectivity index (χ2n) is 5.31. The molecule has 0 aliphatic rings. The predicted molar refractivity (Wildman–Crippen MR) is 98.0 cm³/mol. The molecule has 1 heterocycles. The van der Waals surface area contributed by atoms with E-state index in [1.165, 1.54) is 6.07 Å². The SMILES string of the molecule is COc1ccc(COc2ccccc2C(=O)c2cc(Cl)c(Cl)[nH]2)cc1. The smallest absolute Gasteiger partial charge is 0.212 e. The number of benzene rings is 2. The Balaban J connectivity index is 1.79. The van der Waals surface area contributed by atoms with Gasteiger partial charge >= 0.3 is 0 Å². The predicted octanol–water partition coefficient (Wildman–Crippen LogP) is 5.14. The number of hydrogen-bond donors (Lipinski definition) is 1. The molecule has 128 valence electrons. The lowest BCUT2D eigenvalue weighted by atomic mass is 10.1. The van der Waals surface area contributed by atoms with E-state index >= 15 is 0 Å². The summed E-state index contributed by atoms with van der Waals surface area (Å²) in [6.07, 6.45) is 0. The van der Waals surface area contributed by atoms with Gasteiger partial charge < -0.3 is 14.5 Å². The van der Waals surface area contributed by atoms with Gasteiger partial charge in [-0.25, -0.2) is 0 Å². The van der Waals surface area contributed by atoms with Crippen LogP contribution in [0.5, 0.6) is 11.5 Å². The van der Waals surface area contributed by atoms with Crippen molar-refractivity contribution in [2.75, 3.05) is 7.11 Å². The van der Waals surface area contributed by atoms with Crippen LogP contribution in [0.15, 0.2) is 54.6 Å². The zero-order valence-corrected chi connectivity index (χ0v) is 14.9. The minimum Gasteiger partial charge on any atom is -0.497 e. The fourth-order valence-corrected chi connectivity index (χ4v) is 2.65. The average molecular weight is 376 g/mol. The van der Waals surface area contributed by atoms with Crippen LogP contribution in [-0.2, 0) is 6.61 Å².